The third kappa shape index (κ3) is 1.81. The van der Waals surface area contributed by atoms with Gasteiger partial charge in [-0.1, -0.05) is 0 Å². The molecule has 0 amide bonds. The number of rotatable bonds is 3. The molecule has 1 aromatic carbocycles. The van der Waals surface area contributed by atoms with Gasteiger partial charge in [-0.3, -0.25) is 4.79 Å². The molecule has 0 atom stereocenters. The molecule has 0 aromatic heterocycles. The maximum Gasteiger partial charge on any atom is 0.193 e. The van der Waals surface area contributed by atoms with Crippen LogP contribution >= 0.6 is 0 Å². The summed E-state index contributed by atoms with van der Waals surface area (Å²) in [5.74, 6) is 0.156. The molecule has 0 aliphatic carbocycles. The highest BCUT2D eigenvalue weighted by Crippen LogP contribution is 2.11. The molecule has 0 spiro atoms. The predicted molar refractivity (Wildman–Crippen MR) is 43.3 cm³/mol. The van der Waals surface area contributed by atoms with Crippen molar-refractivity contribution in [2.24, 2.45) is 0 Å². The zero-order valence-corrected chi connectivity index (χ0v) is 6.71. The average Bonchev–Trinajstić information content (AvgIpc) is 2.17. The lowest BCUT2D eigenvalue weighted by atomic mass is 10.1. The van der Waals surface area contributed by atoms with Gasteiger partial charge in [-0.15, -0.1) is 0 Å². The third-order valence-corrected chi connectivity index (χ3v) is 1.53. The first-order chi connectivity index (χ1) is 5.77. The van der Waals surface area contributed by atoms with Crippen molar-refractivity contribution in [2.75, 3.05) is 13.8 Å². The highest BCUT2D eigenvalue weighted by atomic mass is 19.1. The van der Waals surface area contributed by atoms with Crippen LogP contribution in [0.25, 0.3) is 0 Å². The molecule has 0 aliphatic heterocycles. The van der Waals surface area contributed by atoms with Crippen LogP contribution in [0.3, 0.4) is 0 Å². The Labute approximate surface area is 70.0 Å². The van der Waals surface area contributed by atoms with Crippen molar-refractivity contribution in [3.05, 3.63) is 29.8 Å². The quantitative estimate of drug-likeness (QED) is 0.644. The monoisotopic (exact) mass is 168 g/mol. The van der Waals surface area contributed by atoms with Crippen LogP contribution in [0.5, 0.6) is 5.75 Å². The summed E-state index contributed by atoms with van der Waals surface area (Å²) in [6.07, 6.45) is 0. The second-order valence-corrected chi connectivity index (χ2v) is 2.29. The van der Waals surface area contributed by atoms with E-state index in [1.165, 1.54) is 7.11 Å². The molecule has 2 nitrogen and oxygen atoms in total. The Morgan fingerprint density at radius 3 is 2.42 bits per heavy atom. The molecule has 0 heterocycles. The van der Waals surface area contributed by atoms with Crippen molar-refractivity contribution in [2.45, 2.75) is 0 Å². The number of benzene rings is 1. The number of Topliss-reactive ketones (excluding diaryl/α,β-unsaturated/α-hetero) is 1. The highest BCUT2D eigenvalue weighted by molar-refractivity contribution is 5.97. The fourth-order valence-electron chi connectivity index (χ4n) is 0.854. The lowest BCUT2D eigenvalue weighted by Gasteiger charge is -1.99. The van der Waals surface area contributed by atoms with Gasteiger partial charge in [0.1, 0.15) is 5.75 Å². The van der Waals surface area contributed by atoms with E-state index >= 15 is 0 Å². The Kier molecular flexibility index (Phi) is 2.80. The number of hydrogen-bond acceptors (Lipinski definition) is 2. The summed E-state index contributed by atoms with van der Waals surface area (Å²) in [6, 6.07) is 6.34. The van der Waals surface area contributed by atoms with Crippen LogP contribution in [0, 0.1) is 0 Å². The molecular weight excluding hydrogens is 159 g/mol. The number of alkyl halides is 1. The van der Waals surface area contributed by atoms with E-state index in [9.17, 15) is 9.18 Å². The smallest absolute Gasteiger partial charge is 0.193 e. The molecule has 0 N–H and O–H groups in total. The number of ether oxygens (including phenoxy) is 1. The Morgan fingerprint density at radius 1 is 1.42 bits per heavy atom. The zero-order chi connectivity index (χ0) is 8.97. The summed E-state index contributed by atoms with van der Waals surface area (Å²) in [7, 11) is 1.53. The van der Waals surface area contributed by atoms with Gasteiger partial charge in [0.05, 0.1) is 7.11 Å². The van der Waals surface area contributed by atoms with Gasteiger partial charge in [0.2, 0.25) is 0 Å². The van der Waals surface area contributed by atoms with E-state index in [0.29, 0.717) is 11.3 Å². The van der Waals surface area contributed by atoms with Crippen LogP contribution in [-0.4, -0.2) is 19.6 Å². The van der Waals surface area contributed by atoms with E-state index < -0.39 is 12.5 Å². The molecule has 0 fully saturated rings. The summed E-state index contributed by atoms with van der Waals surface area (Å²) in [5.41, 5.74) is 0.373. The normalized spacial score (nSPS) is 9.50. The molecule has 0 unspecified atom stereocenters. The summed E-state index contributed by atoms with van der Waals surface area (Å²) >= 11 is 0. The van der Waals surface area contributed by atoms with Gasteiger partial charge >= 0.3 is 0 Å². The maximum atomic E-state index is 11.9. The molecule has 12 heavy (non-hydrogen) atoms. The van der Waals surface area contributed by atoms with Gasteiger partial charge in [0.25, 0.3) is 0 Å². The molecule has 0 bridgehead atoms. The van der Waals surface area contributed by atoms with Gasteiger partial charge in [0, 0.05) is 5.56 Å². The Balaban J connectivity index is 2.84. The molecule has 1 rings (SSSR count). The van der Waals surface area contributed by atoms with Crippen LogP contribution in [0.4, 0.5) is 4.39 Å². The first-order valence-electron chi connectivity index (χ1n) is 3.51. The Hall–Kier alpha value is -1.38. The number of hydrogen-bond donors (Lipinski definition) is 0. The minimum absolute atomic E-state index is 0.373. The van der Waals surface area contributed by atoms with E-state index in [4.69, 9.17) is 4.74 Å². The summed E-state index contributed by atoms with van der Waals surface area (Å²) < 4.78 is 16.8. The second-order valence-electron chi connectivity index (χ2n) is 2.29. The Morgan fingerprint density at radius 2 is 2.00 bits per heavy atom. The number of halogens is 1. The van der Waals surface area contributed by atoms with Crippen LogP contribution in [0.15, 0.2) is 24.3 Å². The van der Waals surface area contributed by atoms with Gasteiger partial charge < -0.3 is 4.74 Å². The number of carbonyl (C=O) groups is 1. The summed E-state index contributed by atoms with van der Waals surface area (Å²) in [4.78, 5) is 10.8. The van der Waals surface area contributed by atoms with Crippen LogP contribution in [0.1, 0.15) is 10.4 Å². The van der Waals surface area contributed by atoms with Crippen molar-refractivity contribution in [3.8, 4) is 5.75 Å². The molecule has 64 valence electrons. The number of methoxy groups -OCH3 is 1. The largest absolute Gasteiger partial charge is 0.497 e. The fourth-order valence-corrected chi connectivity index (χ4v) is 0.854. The molecule has 0 radical (unpaired) electrons. The standard InChI is InChI=1S/C9H9FO2/c1-12-8-4-2-7(3-5-8)9(11)6-10/h2-5H,6H2,1H3. The van der Waals surface area contributed by atoms with Crippen LogP contribution in [0.2, 0.25) is 0 Å². The average molecular weight is 168 g/mol. The predicted octanol–water partition coefficient (Wildman–Crippen LogP) is 1.85. The highest BCUT2D eigenvalue weighted by Gasteiger charge is 2.03. The van der Waals surface area contributed by atoms with Crippen LogP contribution in [-0.2, 0) is 0 Å². The van der Waals surface area contributed by atoms with Crippen molar-refractivity contribution < 1.29 is 13.9 Å². The first-order valence-corrected chi connectivity index (χ1v) is 3.51. The molecular formula is C9H9FO2. The van der Waals surface area contributed by atoms with Crippen molar-refractivity contribution in [1.82, 2.24) is 0 Å². The maximum absolute atomic E-state index is 11.9. The van der Waals surface area contributed by atoms with Crippen LogP contribution < -0.4 is 4.74 Å². The Bertz CT molecular complexity index is 266. The number of carbonyl (C=O) groups excluding carboxylic acids is 1. The second kappa shape index (κ2) is 3.85. The van der Waals surface area contributed by atoms with E-state index in [2.05, 4.69) is 0 Å². The number of ketones is 1. The van der Waals surface area contributed by atoms with E-state index in [1.807, 2.05) is 0 Å². The van der Waals surface area contributed by atoms with E-state index in [-0.39, 0.29) is 0 Å². The third-order valence-electron chi connectivity index (χ3n) is 1.53. The zero-order valence-electron chi connectivity index (χ0n) is 6.71. The topological polar surface area (TPSA) is 26.3 Å². The fraction of sp³-hybridized carbons (Fsp3) is 0.222. The summed E-state index contributed by atoms with van der Waals surface area (Å²) in [6.45, 7) is -0.952. The molecule has 0 aliphatic rings. The molecule has 3 heteroatoms. The lowest BCUT2D eigenvalue weighted by molar-refractivity contribution is 0.0958. The van der Waals surface area contributed by atoms with Gasteiger partial charge in [-0.2, -0.15) is 0 Å². The lowest BCUT2D eigenvalue weighted by Crippen LogP contribution is -2.00. The van der Waals surface area contributed by atoms with Crippen molar-refractivity contribution in [3.63, 3.8) is 0 Å². The molecule has 0 saturated carbocycles. The van der Waals surface area contributed by atoms with E-state index in [1.54, 1.807) is 24.3 Å². The van der Waals surface area contributed by atoms with E-state index in [0.717, 1.165) is 0 Å². The molecule has 1 aromatic rings. The van der Waals surface area contributed by atoms with Crippen molar-refractivity contribution >= 4 is 5.78 Å². The van der Waals surface area contributed by atoms with Gasteiger partial charge in [-0.05, 0) is 24.3 Å². The minimum atomic E-state index is -0.952. The first kappa shape index (κ1) is 8.71. The van der Waals surface area contributed by atoms with Gasteiger partial charge in [-0.25, -0.2) is 4.39 Å². The minimum Gasteiger partial charge on any atom is -0.497 e. The van der Waals surface area contributed by atoms with Gasteiger partial charge in [0.15, 0.2) is 12.5 Å². The molecule has 0 saturated heterocycles. The summed E-state index contributed by atoms with van der Waals surface area (Å²) in [5, 5.41) is 0. The SMILES string of the molecule is COc1ccc(C(=O)CF)cc1. The van der Waals surface area contributed by atoms with Crippen molar-refractivity contribution in [1.29, 1.82) is 0 Å².